The molecule has 1 heterocycles. The van der Waals surface area contributed by atoms with Crippen molar-refractivity contribution >= 4 is 17.4 Å². The van der Waals surface area contributed by atoms with Crippen LogP contribution in [0.25, 0.3) is 0 Å². The van der Waals surface area contributed by atoms with E-state index in [1.807, 2.05) is 18.2 Å². The van der Waals surface area contributed by atoms with E-state index in [1.165, 1.54) is 4.90 Å². The standard InChI is InChI=1S/C19H25NO3/c1-18(2,3)12-9-10-16(21)14(11-12)19(23)13-7-5-6-8-15(13)20(4)17(19)22/h5-8,12,14,23H,9-11H2,1-4H3/t12-,14-,19+/m0/s1. The second kappa shape index (κ2) is 5.17. The van der Waals surface area contributed by atoms with Crippen molar-refractivity contribution in [2.24, 2.45) is 17.3 Å². The molecule has 4 heteroatoms. The second-order valence-corrected chi connectivity index (χ2v) is 8.00. The summed E-state index contributed by atoms with van der Waals surface area (Å²) in [5, 5.41) is 11.3. The molecule has 0 aromatic heterocycles. The zero-order valence-corrected chi connectivity index (χ0v) is 14.3. The van der Waals surface area contributed by atoms with E-state index in [0.717, 1.165) is 6.42 Å². The number of fused-ring (bicyclic) bond motifs is 1. The Kier molecular flexibility index (Phi) is 3.64. The van der Waals surface area contributed by atoms with Crippen LogP contribution in [-0.2, 0) is 15.2 Å². The Morgan fingerprint density at radius 2 is 1.87 bits per heavy atom. The van der Waals surface area contributed by atoms with Crippen molar-refractivity contribution in [3.8, 4) is 0 Å². The van der Waals surface area contributed by atoms with Crippen LogP contribution in [0.2, 0.25) is 0 Å². The number of aliphatic hydroxyl groups is 1. The molecular weight excluding hydrogens is 290 g/mol. The van der Waals surface area contributed by atoms with Gasteiger partial charge in [-0.2, -0.15) is 0 Å². The molecular formula is C19H25NO3. The van der Waals surface area contributed by atoms with Crippen LogP contribution in [0.4, 0.5) is 5.69 Å². The van der Waals surface area contributed by atoms with Crippen molar-refractivity contribution in [3.63, 3.8) is 0 Å². The van der Waals surface area contributed by atoms with Gasteiger partial charge in [-0.25, -0.2) is 0 Å². The molecule has 1 aromatic rings. The maximum atomic E-state index is 12.8. The van der Waals surface area contributed by atoms with Crippen molar-refractivity contribution in [1.82, 2.24) is 0 Å². The van der Waals surface area contributed by atoms with Gasteiger partial charge in [0.2, 0.25) is 0 Å². The average Bonchev–Trinajstić information content (AvgIpc) is 2.70. The monoisotopic (exact) mass is 315 g/mol. The number of benzene rings is 1. The zero-order chi connectivity index (χ0) is 17.0. The molecule has 0 bridgehead atoms. The van der Waals surface area contributed by atoms with Crippen molar-refractivity contribution in [2.75, 3.05) is 11.9 Å². The summed E-state index contributed by atoms with van der Waals surface area (Å²) in [7, 11) is 1.66. The maximum Gasteiger partial charge on any atom is 0.264 e. The number of carbonyl (C=O) groups excluding carboxylic acids is 2. The lowest BCUT2D eigenvalue weighted by Gasteiger charge is -2.41. The topological polar surface area (TPSA) is 57.6 Å². The number of carbonyl (C=O) groups is 2. The van der Waals surface area contributed by atoms with E-state index in [2.05, 4.69) is 20.8 Å². The van der Waals surface area contributed by atoms with Crippen LogP contribution >= 0.6 is 0 Å². The molecule has 0 saturated heterocycles. The van der Waals surface area contributed by atoms with Crippen LogP contribution in [0.3, 0.4) is 0 Å². The van der Waals surface area contributed by atoms with Crippen LogP contribution in [0.1, 0.15) is 45.6 Å². The number of anilines is 1. The highest BCUT2D eigenvalue weighted by Gasteiger charge is 2.57. The van der Waals surface area contributed by atoms with E-state index >= 15 is 0 Å². The third-order valence-corrected chi connectivity index (χ3v) is 5.68. The van der Waals surface area contributed by atoms with E-state index in [0.29, 0.717) is 30.0 Å². The van der Waals surface area contributed by atoms with E-state index in [9.17, 15) is 14.7 Å². The Balaban J connectivity index is 2.05. The molecule has 0 spiro atoms. The van der Waals surface area contributed by atoms with Gasteiger partial charge in [-0.1, -0.05) is 39.0 Å². The maximum absolute atomic E-state index is 12.8. The van der Waals surface area contributed by atoms with Crippen molar-refractivity contribution in [1.29, 1.82) is 0 Å². The third kappa shape index (κ3) is 2.31. The van der Waals surface area contributed by atoms with Crippen molar-refractivity contribution in [2.45, 2.75) is 45.6 Å². The first-order valence-electron chi connectivity index (χ1n) is 8.30. The minimum absolute atomic E-state index is 0.00598. The lowest BCUT2D eigenvalue weighted by atomic mass is 9.63. The number of Topliss-reactive ketones (excluding diaryl/α,β-unsaturated/α-hetero) is 1. The van der Waals surface area contributed by atoms with Gasteiger partial charge in [0.1, 0.15) is 5.78 Å². The SMILES string of the molecule is CN1C(=O)[C@](O)([C@H]2C[C@@H](C(C)(C)C)CCC2=O)c2ccccc21. The minimum Gasteiger partial charge on any atom is -0.375 e. The highest BCUT2D eigenvalue weighted by Crippen LogP contribution is 2.50. The van der Waals surface area contributed by atoms with Gasteiger partial charge in [0.25, 0.3) is 5.91 Å². The number of amides is 1. The highest BCUT2D eigenvalue weighted by molar-refractivity contribution is 6.09. The average molecular weight is 315 g/mol. The van der Waals surface area contributed by atoms with Gasteiger partial charge in [0.05, 0.1) is 11.6 Å². The van der Waals surface area contributed by atoms with Gasteiger partial charge in [-0.15, -0.1) is 0 Å². The Bertz CT molecular complexity index is 661. The Morgan fingerprint density at radius 3 is 2.52 bits per heavy atom. The number of likely N-dealkylation sites (N-methyl/N-ethyl adjacent to an activating group) is 1. The van der Waals surface area contributed by atoms with Gasteiger partial charge in [0, 0.05) is 19.0 Å². The molecule has 1 amide bonds. The van der Waals surface area contributed by atoms with Gasteiger partial charge in [0.15, 0.2) is 5.60 Å². The third-order valence-electron chi connectivity index (χ3n) is 5.68. The van der Waals surface area contributed by atoms with Gasteiger partial charge >= 0.3 is 0 Å². The van der Waals surface area contributed by atoms with E-state index < -0.39 is 11.5 Å². The minimum atomic E-state index is -1.72. The molecule has 1 N–H and O–H groups in total. The lowest BCUT2D eigenvalue weighted by Crippen LogP contribution is -2.50. The summed E-state index contributed by atoms with van der Waals surface area (Å²) in [5.74, 6) is -0.711. The number of hydrogen-bond acceptors (Lipinski definition) is 3. The molecule has 0 radical (unpaired) electrons. The van der Waals surface area contributed by atoms with Crippen LogP contribution in [0, 0.1) is 17.3 Å². The van der Waals surface area contributed by atoms with Gasteiger partial charge < -0.3 is 10.0 Å². The number of hydrogen-bond donors (Lipinski definition) is 1. The lowest BCUT2D eigenvalue weighted by molar-refractivity contribution is -0.154. The van der Waals surface area contributed by atoms with Crippen LogP contribution in [0.5, 0.6) is 0 Å². The zero-order valence-electron chi connectivity index (χ0n) is 14.3. The predicted molar refractivity (Wildman–Crippen MR) is 89.0 cm³/mol. The Morgan fingerprint density at radius 1 is 1.22 bits per heavy atom. The van der Waals surface area contributed by atoms with Crippen molar-refractivity contribution in [3.05, 3.63) is 29.8 Å². The summed E-state index contributed by atoms with van der Waals surface area (Å²) in [6.07, 6.45) is 1.83. The Labute approximate surface area is 137 Å². The summed E-state index contributed by atoms with van der Waals surface area (Å²) >= 11 is 0. The van der Waals surface area contributed by atoms with Crippen LogP contribution < -0.4 is 4.90 Å². The molecule has 3 atom stereocenters. The molecule has 3 rings (SSSR count). The number of rotatable bonds is 1. The largest absolute Gasteiger partial charge is 0.375 e. The quantitative estimate of drug-likeness (QED) is 0.867. The summed E-state index contributed by atoms with van der Waals surface area (Å²) < 4.78 is 0. The predicted octanol–water partition coefficient (Wildman–Crippen LogP) is 2.88. The molecule has 4 nitrogen and oxygen atoms in total. The van der Waals surface area contributed by atoms with E-state index in [1.54, 1.807) is 13.1 Å². The smallest absolute Gasteiger partial charge is 0.264 e. The molecule has 0 unspecified atom stereocenters. The number of nitrogens with zero attached hydrogens (tertiary/aromatic N) is 1. The fourth-order valence-electron chi connectivity index (χ4n) is 4.12. The summed E-state index contributed by atoms with van der Waals surface area (Å²) in [5.41, 5.74) is -0.388. The van der Waals surface area contributed by atoms with Gasteiger partial charge in [-0.3, -0.25) is 9.59 Å². The summed E-state index contributed by atoms with van der Waals surface area (Å²) in [6, 6.07) is 7.24. The summed E-state index contributed by atoms with van der Waals surface area (Å²) in [4.78, 5) is 26.9. The first kappa shape index (κ1) is 16.2. The molecule has 1 aliphatic carbocycles. The number of ketones is 1. The van der Waals surface area contributed by atoms with Crippen LogP contribution in [-0.4, -0.2) is 23.8 Å². The Hall–Kier alpha value is -1.68. The van der Waals surface area contributed by atoms with Crippen LogP contribution in [0.15, 0.2) is 24.3 Å². The fourth-order valence-corrected chi connectivity index (χ4v) is 4.12. The molecule has 1 aliphatic heterocycles. The number of para-hydroxylation sites is 1. The fraction of sp³-hybridized carbons (Fsp3) is 0.579. The second-order valence-electron chi connectivity index (χ2n) is 8.00. The highest BCUT2D eigenvalue weighted by atomic mass is 16.3. The first-order valence-corrected chi connectivity index (χ1v) is 8.30. The molecule has 1 fully saturated rings. The van der Waals surface area contributed by atoms with Gasteiger partial charge in [-0.05, 0) is 30.2 Å². The van der Waals surface area contributed by atoms with E-state index in [-0.39, 0.29) is 17.1 Å². The molecule has 1 aromatic carbocycles. The summed E-state index contributed by atoms with van der Waals surface area (Å²) in [6.45, 7) is 6.47. The van der Waals surface area contributed by atoms with E-state index in [4.69, 9.17) is 0 Å². The van der Waals surface area contributed by atoms with Crippen molar-refractivity contribution < 1.29 is 14.7 Å². The normalized spacial score (nSPS) is 31.4. The molecule has 2 aliphatic rings. The molecule has 23 heavy (non-hydrogen) atoms. The molecule has 1 saturated carbocycles. The first-order chi connectivity index (χ1) is 10.7. The molecule has 124 valence electrons.